The lowest BCUT2D eigenvalue weighted by Gasteiger charge is -2.27. The average molecular weight is 509 g/mol. The standard InChI is InChI=1S/C27H22ClFN2O5/c1-15-7-8-20(9-16(15)2)31-26(33)21(25(32)30-27(31)34)11-18-12-22(28)24(23(13-18)35-3)36-14-17-5-4-6-19(29)10-17/h4-13H,14H2,1-3H3,(H,30,32,34)/b21-11+. The molecule has 1 fully saturated rings. The summed E-state index contributed by atoms with van der Waals surface area (Å²) in [7, 11) is 1.41. The molecular weight excluding hydrogens is 487 g/mol. The fourth-order valence-corrected chi connectivity index (χ4v) is 3.94. The zero-order valence-electron chi connectivity index (χ0n) is 19.7. The van der Waals surface area contributed by atoms with E-state index in [0.717, 1.165) is 16.0 Å². The van der Waals surface area contributed by atoms with Crippen molar-refractivity contribution in [1.82, 2.24) is 5.32 Å². The van der Waals surface area contributed by atoms with E-state index in [2.05, 4.69) is 5.32 Å². The van der Waals surface area contributed by atoms with Gasteiger partial charge in [-0.25, -0.2) is 14.1 Å². The lowest BCUT2D eigenvalue weighted by molar-refractivity contribution is -0.122. The summed E-state index contributed by atoms with van der Waals surface area (Å²) in [5.74, 6) is -1.52. The van der Waals surface area contributed by atoms with E-state index in [1.807, 2.05) is 13.8 Å². The first-order valence-corrected chi connectivity index (χ1v) is 11.3. The van der Waals surface area contributed by atoms with E-state index in [1.54, 1.807) is 30.3 Å². The third-order valence-electron chi connectivity index (χ3n) is 5.69. The Morgan fingerprint density at radius 3 is 2.50 bits per heavy atom. The van der Waals surface area contributed by atoms with Crippen molar-refractivity contribution in [3.05, 3.63) is 93.3 Å². The molecule has 0 saturated carbocycles. The van der Waals surface area contributed by atoms with Crippen LogP contribution in [0, 0.1) is 19.7 Å². The topological polar surface area (TPSA) is 84.9 Å². The van der Waals surface area contributed by atoms with E-state index in [1.165, 1.54) is 37.5 Å². The number of anilines is 1. The van der Waals surface area contributed by atoms with Gasteiger partial charge in [-0.1, -0.05) is 29.8 Å². The number of nitrogens with zero attached hydrogens (tertiary/aromatic N) is 1. The predicted octanol–water partition coefficient (Wildman–Crippen LogP) is 5.35. The Kier molecular flexibility index (Phi) is 7.07. The number of halogens is 2. The predicted molar refractivity (Wildman–Crippen MR) is 134 cm³/mol. The Morgan fingerprint density at radius 1 is 1.03 bits per heavy atom. The van der Waals surface area contributed by atoms with Gasteiger partial charge in [0.2, 0.25) is 0 Å². The summed E-state index contributed by atoms with van der Waals surface area (Å²) >= 11 is 6.42. The fraction of sp³-hybridized carbons (Fsp3) is 0.148. The quantitative estimate of drug-likeness (QED) is 0.358. The highest BCUT2D eigenvalue weighted by molar-refractivity contribution is 6.39. The first-order valence-electron chi connectivity index (χ1n) is 10.9. The molecule has 3 aromatic carbocycles. The number of hydrogen-bond donors (Lipinski definition) is 1. The van der Waals surface area contributed by atoms with E-state index >= 15 is 0 Å². The minimum absolute atomic E-state index is 0.0439. The minimum Gasteiger partial charge on any atom is -0.493 e. The van der Waals surface area contributed by atoms with Crippen molar-refractivity contribution in [3.8, 4) is 11.5 Å². The van der Waals surface area contributed by atoms with Gasteiger partial charge >= 0.3 is 6.03 Å². The maximum atomic E-state index is 13.5. The van der Waals surface area contributed by atoms with Crippen molar-refractivity contribution in [1.29, 1.82) is 0 Å². The molecule has 36 heavy (non-hydrogen) atoms. The van der Waals surface area contributed by atoms with Crippen LogP contribution < -0.4 is 19.7 Å². The van der Waals surface area contributed by atoms with Crippen LogP contribution in [0.1, 0.15) is 22.3 Å². The van der Waals surface area contributed by atoms with Crippen LogP contribution in [0.4, 0.5) is 14.9 Å². The summed E-state index contributed by atoms with van der Waals surface area (Å²) in [6, 6.07) is 13.3. The molecule has 0 aromatic heterocycles. The normalized spacial score (nSPS) is 14.8. The molecule has 1 N–H and O–H groups in total. The van der Waals surface area contributed by atoms with Crippen molar-refractivity contribution >= 4 is 41.2 Å². The smallest absolute Gasteiger partial charge is 0.335 e. The first-order chi connectivity index (χ1) is 17.2. The molecule has 1 heterocycles. The van der Waals surface area contributed by atoms with E-state index in [0.29, 0.717) is 16.8 Å². The van der Waals surface area contributed by atoms with Crippen molar-refractivity contribution in [2.24, 2.45) is 0 Å². The third-order valence-corrected chi connectivity index (χ3v) is 5.97. The zero-order chi connectivity index (χ0) is 26.0. The van der Waals surface area contributed by atoms with Gasteiger partial charge in [-0.05, 0) is 78.6 Å². The van der Waals surface area contributed by atoms with E-state index in [9.17, 15) is 18.8 Å². The fourth-order valence-electron chi connectivity index (χ4n) is 3.67. The molecular formula is C27H22ClFN2O5. The number of urea groups is 1. The van der Waals surface area contributed by atoms with Crippen molar-refractivity contribution < 1.29 is 28.2 Å². The Balaban J connectivity index is 1.65. The van der Waals surface area contributed by atoms with E-state index in [-0.39, 0.29) is 34.5 Å². The largest absolute Gasteiger partial charge is 0.493 e. The summed E-state index contributed by atoms with van der Waals surface area (Å²) < 4.78 is 24.6. The van der Waals surface area contributed by atoms with Gasteiger partial charge in [0.05, 0.1) is 17.8 Å². The molecule has 1 aliphatic heterocycles. The van der Waals surface area contributed by atoms with Crippen LogP contribution in [0.5, 0.6) is 11.5 Å². The van der Waals surface area contributed by atoms with Crippen LogP contribution in [0.25, 0.3) is 6.08 Å². The van der Waals surface area contributed by atoms with Crippen molar-refractivity contribution in [3.63, 3.8) is 0 Å². The number of carbonyl (C=O) groups excluding carboxylic acids is 3. The highest BCUT2D eigenvalue weighted by atomic mass is 35.5. The Morgan fingerprint density at radius 2 is 1.81 bits per heavy atom. The molecule has 0 atom stereocenters. The number of ether oxygens (including phenoxy) is 2. The zero-order valence-corrected chi connectivity index (χ0v) is 20.5. The van der Waals surface area contributed by atoms with E-state index < -0.39 is 17.8 Å². The Labute approximate surface area is 212 Å². The summed E-state index contributed by atoms with van der Waals surface area (Å²) in [4.78, 5) is 39.1. The van der Waals surface area contributed by atoms with Crippen LogP contribution in [0.15, 0.2) is 60.2 Å². The average Bonchev–Trinajstić information content (AvgIpc) is 2.83. The molecule has 4 rings (SSSR count). The molecule has 0 aliphatic carbocycles. The maximum Gasteiger partial charge on any atom is 0.335 e. The van der Waals surface area contributed by atoms with Gasteiger partial charge in [0.15, 0.2) is 11.5 Å². The maximum absolute atomic E-state index is 13.5. The second kappa shape index (κ2) is 10.2. The third kappa shape index (κ3) is 5.08. The highest BCUT2D eigenvalue weighted by Crippen LogP contribution is 2.38. The molecule has 3 aromatic rings. The number of amides is 4. The Bertz CT molecular complexity index is 1420. The summed E-state index contributed by atoms with van der Waals surface area (Å²) in [6.07, 6.45) is 1.32. The first kappa shape index (κ1) is 24.9. The van der Waals surface area contributed by atoms with Crippen LogP contribution in [-0.4, -0.2) is 25.0 Å². The number of nitrogens with one attached hydrogen (secondary N) is 1. The molecule has 0 unspecified atom stereocenters. The van der Waals surface area contributed by atoms with Gasteiger partial charge in [0.1, 0.15) is 18.0 Å². The number of aryl methyl sites for hydroxylation is 2. The highest BCUT2D eigenvalue weighted by Gasteiger charge is 2.37. The van der Waals surface area contributed by atoms with Gasteiger partial charge in [-0.2, -0.15) is 0 Å². The number of methoxy groups -OCH3 is 1. The van der Waals surface area contributed by atoms with Crippen LogP contribution in [0.3, 0.4) is 0 Å². The van der Waals surface area contributed by atoms with Gasteiger partial charge in [0.25, 0.3) is 11.8 Å². The molecule has 0 radical (unpaired) electrons. The minimum atomic E-state index is -0.831. The number of barbiturate groups is 1. The molecule has 184 valence electrons. The summed E-state index contributed by atoms with van der Waals surface area (Å²) in [6.45, 7) is 3.82. The number of carbonyl (C=O) groups is 3. The molecule has 1 saturated heterocycles. The van der Waals surface area contributed by atoms with Gasteiger partial charge in [-0.15, -0.1) is 0 Å². The molecule has 0 bridgehead atoms. The second-order valence-electron chi connectivity index (χ2n) is 8.18. The number of imide groups is 2. The SMILES string of the molecule is COc1cc(/C=C2\C(=O)NC(=O)N(c3ccc(C)c(C)c3)C2=O)cc(Cl)c1OCc1cccc(F)c1. The molecule has 1 aliphatic rings. The van der Waals surface area contributed by atoms with Crippen molar-refractivity contribution in [2.45, 2.75) is 20.5 Å². The summed E-state index contributed by atoms with van der Waals surface area (Å²) in [5.41, 5.74) is 2.95. The Hall–Kier alpha value is -4.17. The van der Waals surface area contributed by atoms with Crippen LogP contribution in [-0.2, 0) is 16.2 Å². The number of rotatable bonds is 6. The van der Waals surface area contributed by atoms with Crippen molar-refractivity contribution in [2.75, 3.05) is 12.0 Å². The summed E-state index contributed by atoms with van der Waals surface area (Å²) in [5, 5.41) is 2.36. The van der Waals surface area contributed by atoms with Crippen LogP contribution >= 0.6 is 11.6 Å². The lowest BCUT2D eigenvalue weighted by Crippen LogP contribution is -2.54. The second-order valence-corrected chi connectivity index (χ2v) is 8.59. The van der Waals surface area contributed by atoms with Gasteiger partial charge < -0.3 is 9.47 Å². The van der Waals surface area contributed by atoms with Gasteiger partial charge in [-0.3, -0.25) is 14.9 Å². The number of hydrogen-bond acceptors (Lipinski definition) is 5. The van der Waals surface area contributed by atoms with Gasteiger partial charge in [0, 0.05) is 0 Å². The number of benzene rings is 3. The lowest BCUT2D eigenvalue weighted by atomic mass is 10.0. The monoisotopic (exact) mass is 508 g/mol. The van der Waals surface area contributed by atoms with E-state index in [4.69, 9.17) is 21.1 Å². The molecule has 9 heteroatoms. The molecule has 4 amide bonds. The van der Waals surface area contributed by atoms with Crippen LogP contribution in [0.2, 0.25) is 5.02 Å². The molecule has 0 spiro atoms. The molecule has 7 nitrogen and oxygen atoms in total.